The summed E-state index contributed by atoms with van der Waals surface area (Å²) >= 11 is 0. The average molecular weight is 447 g/mol. The van der Waals surface area contributed by atoms with Gasteiger partial charge in [-0.3, -0.25) is 14.4 Å². The molecule has 0 fully saturated rings. The zero-order valence-corrected chi connectivity index (χ0v) is 18.8. The van der Waals surface area contributed by atoms with E-state index in [1.807, 2.05) is 30.7 Å². The summed E-state index contributed by atoms with van der Waals surface area (Å²) in [5, 5.41) is 2.38. The smallest absolute Gasteiger partial charge is 0.146 e. The number of benzene rings is 3. The highest BCUT2D eigenvalue weighted by Crippen LogP contribution is 2.50. The van der Waals surface area contributed by atoms with Crippen molar-refractivity contribution in [3.05, 3.63) is 108 Å². The third kappa shape index (κ3) is 2.11. The van der Waals surface area contributed by atoms with Crippen molar-refractivity contribution in [1.82, 2.24) is 19.4 Å². The molecule has 4 aromatic heterocycles. The molecule has 9 rings (SSSR count). The second kappa shape index (κ2) is 6.10. The van der Waals surface area contributed by atoms with Crippen LogP contribution in [0.2, 0.25) is 0 Å². The first-order valence-electron chi connectivity index (χ1n) is 12.0. The lowest BCUT2D eigenvalue weighted by molar-refractivity contribution is 1.23. The largest absolute Gasteiger partial charge is 0.289 e. The van der Waals surface area contributed by atoms with E-state index in [9.17, 15) is 0 Å². The molecule has 0 saturated carbocycles. The molecule has 4 heteroatoms. The molecule has 0 atom stereocenters. The SMILES string of the molecule is c1ccc2c(c1)Cc1ccc3c(c1-2)Cc1c-3ccc2c3ncccc3n3c4cnccc4nc3c12. The van der Waals surface area contributed by atoms with Gasteiger partial charge in [0.15, 0.2) is 0 Å². The lowest BCUT2D eigenvalue weighted by Crippen LogP contribution is -1.96. The third-order valence-electron chi connectivity index (χ3n) is 7.99. The van der Waals surface area contributed by atoms with Gasteiger partial charge in [0, 0.05) is 29.6 Å². The van der Waals surface area contributed by atoms with Crippen LogP contribution in [0, 0.1) is 0 Å². The number of aromatic nitrogens is 4. The molecular formula is C31H18N4. The topological polar surface area (TPSA) is 43.1 Å². The van der Waals surface area contributed by atoms with Gasteiger partial charge in [-0.05, 0) is 69.1 Å². The van der Waals surface area contributed by atoms with Crippen LogP contribution in [0.5, 0.6) is 0 Å². The van der Waals surface area contributed by atoms with Gasteiger partial charge < -0.3 is 0 Å². The molecule has 0 bridgehead atoms. The van der Waals surface area contributed by atoms with Crippen molar-refractivity contribution in [1.29, 1.82) is 0 Å². The molecule has 0 radical (unpaired) electrons. The van der Waals surface area contributed by atoms with Crippen LogP contribution in [0.25, 0.3) is 60.7 Å². The van der Waals surface area contributed by atoms with Gasteiger partial charge in [-0.1, -0.05) is 48.5 Å². The third-order valence-corrected chi connectivity index (χ3v) is 7.99. The highest BCUT2D eigenvalue weighted by Gasteiger charge is 2.30. The summed E-state index contributed by atoms with van der Waals surface area (Å²) in [5.74, 6) is 0. The van der Waals surface area contributed by atoms with Gasteiger partial charge in [-0.25, -0.2) is 4.98 Å². The molecule has 2 aliphatic rings. The van der Waals surface area contributed by atoms with Gasteiger partial charge in [0.25, 0.3) is 0 Å². The van der Waals surface area contributed by atoms with Gasteiger partial charge in [-0.2, -0.15) is 0 Å². The number of imidazole rings is 1. The fourth-order valence-corrected chi connectivity index (χ4v) is 6.57. The minimum absolute atomic E-state index is 0.912. The number of rotatable bonds is 0. The van der Waals surface area contributed by atoms with E-state index in [0.29, 0.717) is 0 Å². The lowest BCUT2D eigenvalue weighted by Gasteiger charge is -2.11. The standard InChI is InChI=1S/C31H18N4/c1-2-5-19-17(4-1)14-18-7-8-20-21-9-10-22-29(24(21)15-23(20)28(18)19)31-34-25-11-13-32-16-27(25)35(31)26-6-3-12-33-30(22)26/h1-13,16H,14-15H2. The summed E-state index contributed by atoms with van der Waals surface area (Å²) in [7, 11) is 0. The van der Waals surface area contributed by atoms with Crippen molar-refractivity contribution >= 4 is 38.5 Å². The molecule has 0 aliphatic heterocycles. The fourth-order valence-electron chi connectivity index (χ4n) is 6.57. The maximum atomic E-state index is 5.14. The van der Waals surface area contributed by atoms with Gasteiger partial charge in [-0.15, -0.1) is 0 Å². The Labute approximate surface area is 200 Å². The Balaban J connectivity index is 1.44. The lowest BCUT2D eigenvalue weighted by atomic mass is 9.95. The maximum absolute atomic E-state index is 5.14. The predicted molar refractivity (Wildman–Crippen MR) is 140 cm³/mol. The Bertz CT molecular complexity index is 2070. The zero-order chi connectivity index (χ0) is 22.7. The van der Waals surface area contributed by atoms with Crippen LogP contribution in [-0.4, -0.2) is 19.4 Å². The molecule has 0 amide bonds. The van der Waals surface area contributed by atoms with Crippen molar-refractivity contribution < 1.29 is 0 Å². The summed E-state index contributed by atoms with van der Waals surface area (Å²) in [4.78, 5) is 14.4. The Morgan fingerprint density at radius 3 is 2.60 bits per heavy atom. The summed E-state index contributed by atoms with van der Waals surface area (Å²) in [6, 6.07) is 24.2. The first kappa shape index (κ1) is 17.8. The van der Waals surface area contributed by atoms with E-state index in [0.717, 1.165) is 40.6 Å². The van der Waals surface area contributed by atoms with E-state index in [1.54, 1.807) is 0 Å². The molecular weight excluding hydrogens is 428 g/mol. The molecule has 3 aromatic carbocycles. The van der Waals surface area contributed by atoms with E-state index in [1.165, 1.54) is 55.3 Å². The van der Waals surface area contributed by atoms with E-state index in [4.69, 9.17) is 9.97 Å². The fraction of sp³-hybridized carbons (Fsp3) is 0.0645. The van der Waals surface area contributed by atoms with E-state index in [-0.39, 0.29) is 0 Å². The van der Waals surface area contributed by atoms with Crippen LogP contribution in [0.1, 0.15) is 22.3 Å². The summed E-state index contributed by atoms with van der Waals surface area (Å²) in [6.45, 7) is 0. The van der Waals surface area contributed by atoms with Crippen molar-refractivity contribution in [3.8, 4) is 22.3 Å². The Kier molecular flexibility index (Phi) is 3.11. The van der Waals surface area contributed by atoms with Gasteiger partial charge in [0.05, 0.1) is 28.3 Å². The molecule has 4 heterocycles. The van der Waals surface area contributed by atoms with Crippen molar-refractivity contribution in [2.45, 2.75) is 12.8 Å². The van der Waals surface area contributed by atoms with Crippen molar-refractivity contribution in [3.63, 3.8) is 0 Å². The first-order chi connectivity index (χ1) is 17.4. The van der Waals surface area contributed by atoms with Gasteiger partial charge in [0.2, 0.25) is 0 Å². The minimum Gasteiger partial charge on any atom is -0.289 e. The average Bonchev–Trinajstić information content (AvgIpc) is 3.59. The van der Waals surface area contributed by atoms with Crippen LogP contribution in [0.15, 0.2) is 85.3 Å². The van der Waals surface area contributed by atoms with Crippen LogP contribution < -0.4 is 0 Å². The number of fused-ring (bicyclic) bond motifs is 16. The molecule has 162 valence electrons. The first-order valence-corrected chi connectivity index (χ1v) is 12.0. The van der Waals surface area contributed by atoms with E-state index in [2.05, 4.69) is 64.0 Å². The highest BCUT2D eigenvalue weighted by atomic mass is 15.0. The van der Waals surface area contributed by atoms with Crippen LogP contribution >= 0.6 is 0 Å². The molecule has 2 aliphatic carbocycles. The molecule has 0 unspecified atom stereocenters. The monoisotopic (exact) mass is 446 g/mol. The van der Waals surface area contributed by atoms with Crippen LogP contribution in [0.3, 0.4) is 0 Å². The molecule has 35 heavy (non-hydrogen) atoms. The molecule has 0 spiro atoms. The second-order valence-electron chi connectivity index (χ2n) is 9.66. The Morgan fingerprint density at radius 1 is 0.686 bits per heavy atom. The van der Waals surface area contributed by atoms with Crippen molar-refractivity contribution in [2.75, 3.05) is 0 Å². The normalized spacial score (nSPS) is 13.5. The molecule has 4 nitrogen and oxygen atoms in total. The zero-order valence-electron chi connectivity index (χ0n) is 18.8. The number of hydrogen-bond donors (Lipinski definition) is 0. The molecule has 7 aromatic rings. The van der Waals surface area contributed by atoms with Crippen LogP contribution in [0.4, 0.5) is 0 Å². The van der Waals surface area contributed by atoms with Gasteiger partial charge >= 0.3 is 0 Å². The van der Waals surface area contributed by atoms with Crippen molar-refractivity contribution in [2.24, 2.45) is 0 Å². The highest BCUT2D eigenvalue weighted by molar-refractivity contribution is 6.15. The number of pyridine rings is 3. The van der Waals surface area contributed by atoms with Gasteiger partial charge in [0.1, 0.15) is 5.65 Å². The number of nitrogens with zero attached hydrogens (tertiary/aromatic N) is 4. The Morgan fingerprint density at radius 2 is 1.60 bits per heavy atom. The predicted octanol–water partition coefficient (Wildman–Crippen LogP) is 6.73. The maximum Gasteiger partial charge on any atom is 0.146 e. The summed E-state index contributed by atoms with van der Waals surface area (Å²) < 4.78 is 2.25. The van der Waals surface area contributed by atoms with Crippen LogP contribution in [-0.2, 0) is 12.8 Å². The van der Waals surface area contributed by atoms with E-state index < -0.39 is 0 Å². The summed E-state index contributed by atoms with van der Waals surface area (Å²) in [5.41, 5.74) is 16.2. The molecule has 0 saturated heterocycles. The minimum atomic E-state index is 0.912. The van der Waals surface area contributed by atoms with E-state index >= 15 is 0 Å². The second-order valence-corrected chi connectivity index (χ2v) is 9.66. The molecule has 0 N–H and O–H groups in total. The summed E-state index contributed by atoms with van der Waals surface area (Å²) in [6.07, 6.45) is 7.55. The number of hydrogen-bond acceptors (Lipinski definition) is 3. The quantitative estimate of drug-likeness (QED) is 0.243. The Hall–Kier alpha value is -4.57.